The molecule has 0 amide bonds. The van der Waals surface area contributed by atoms with Crippen LogP contribution in [-0.4, -0.2) is 36.6 Å². The topological polar surface area (TPSA) is 15.3 Å². The van der Waals surface area contributed by atoms with Crippen LogP contribution in [0.25, 0.3) is 0 Å². The summed E-state index contributed by atoms with van der Waals surface area (Å²) in [6, 6.07) is 6.41. The van der Waals surface area contributed by atoms with Crippen molar-refractivity contribution in [2.75, 3.05) is 19.6 Å². The van der Waals surface area contributed by atoms with Crippen LogP contribution in [0.15, 0.2) is 18.2 Å². The van der Waals surface area contributed by atoms with Gasteiger partial charge < -0.3 is 10.2 Å². The minimum Gasteiger partial charge on any atom is -0.311 e. The molecule has 1 saturated heterocycles. The Labute approximate surface area is 128 Å². The number of nitrogens with one attached hydrogen (secondary N) is 1. The van der Waals surface area contributed by atoms with E-state index in [0.29, 0.717) is 12.1 Å². The quantitative estimate of drug-likeness (QED) is 0.913. The van der Waals surface area contributed by atoms with Gasteiger partial charge in [-0.3, -0.25) is 0 Å². The standard InChI is InChI=1S/C18H29FN2/c1-4-18-9-12-21(10-7-15(3)20-18)11-8-16-5-6-17(19)13-14(16)2/h5-6,13,15,18,20H,4,7-12H2,1-3H3. The Morgan fingerprint density at radius 1 is 1.29 bits per heavy atom. The van der Waals surface area contributed by atoms with E-state index in [4.69, 9.17) is 0 Å². The lowest BCUT2D eigenvalue weighted by Gasteiger charge is -2.32. The number of benzene rings is 1. The Hall–Kier alpha value is -0.930. The van der Waals surface area contributed by atoms with Crippen molar-refractivity contribution in [3.8, 4) is 0 Å². The number of rotatable bonds is 4. The highest BCUT2D eigenvalue weighted by molar-refractivity contribution is 5.26. The Balaban J connectivity index is 1.89. The fourth-order valence-corrected chi connectivity index (χ4v) is 3.16. The van der Waals surface area contributed by atoms with Gasteiger partial charge in [0.1, 0.15) is 5.82 Å². The number of hydrogen-bond acceptors (Lipinski definition) is 2. The first-order chi connectivity index (χ1) is 10.1. The summed E-state index contributed by atoms with van der Waals surface area (Å²) in [5.74, 6) is -0.131. The van der Waals surface area contributed by atoms with E-state index in [2.05, 4.69) is 24.1 Å². The third kappa shape index (κ3) is 5.08. The average molecular weight is 292 g/mol. The lowest BCUT2D eigenvalue weighted by molar-refractivity contribution is 0.214. The molecule has 1 heterocycles. The number of nitrogens with zero attached hydrogens (tertiary/aromatic N) is 1. The first kappa shape index (κ1) is 16.4. The molecule has 2 rings (SSSR count). The SMILES string of the molecule is CCC1CCN(CCc2ccc(F)cc2C)CCC(C)N1. The van der Waals surface area contributed by atoms with E-state index in [1.54, 1.807) is 12.1 Å². The van der Waals surface area contributed by atoms with Crippen molar-refractivity contribution in [1.82, 2.24) is 10.2 Å². The molecule has 1 aliphatic rings. The highest BCUT2D eigenvalue weighted by Crippen LogP contribution is 2.13. The van der Waals surface area contributed by atoms with E-state index in [0.717, 1.165) is 25.1 Å². The predicted octanol–water partition coefficient (Wildman–Crippen LogP) is 3.53. The second-order valence-corrected chi connectivity index (χ2v) is 6.41. The van der Waals surface area contributed by atoms with Crippen LogP contribution in [0.5, 0.6) is 0 Å². The van der Waals surface area contributed by atoms with Crippen molar-refractivity contribution in [2.24, 2.45) is 0 Å². The van der Waals surface area contributed by atoms with Gasteiger partial charge in [-0.05, 0) is 75.9 Å². The summed E-state index contributed by atoms with van der Waals surface area (Å²) in [6.07, 6.45) is 4.65. The third-order valence-corrected chi connectivity index (χ3v) is 4.69. The van der Waals surface area contributed by atoms with Gasteiger partial charge in [0.25, 0.3) is 0 Å². The molecule has 2 unspecified atom stereocenters. The Morgan fingerprint density at radius 2 is 2.05 bits per heavy atom. The lowest BCUT2D eigenvalue weighted by Crippen LogP contribution is -2.44. The van der Waals surface area contributed by atoms with Crippen molar-refractivity contribution < 1.29 is 4.39 Å². The Kier molecular flexibility index (Phi) is 6.19. The molecule has 0 saturated carbocycles. The van der Waals surface area contributed by atoms with E-state index >= 15 is 0 Å². The highest BCUT2D eigenvalue weighted by atomic mass is 19.1. The van der Waals surface area contributed by atoms with Crippen LogP contribution < -0.4 is 5.32 Å². The molecule has 0 bridgehead atoms. The molecule has 0 radical (unpaired) electrons. The molecule has 0 aliphatic carbocycles. The van der Waals surface area contributed by atoms with Gasteiger partial charge in [0.15, 0.2) is 0 Å². The maximum atomic E-state index is 13.1. The van der Waals surface area contributed by atoms with E-state index in [-0.39, 0.29) is 5.82 Å². The molecule has 1 N–H and O–H groups in total. The average Bonchev–Trinajstić information content (AvgIpc) is 2.44. The molecule has 1 fully saturated rings. The third-order valence-electron chi connectivity index (χ3n) is 4.69. The second kappa shape index (κ2) is 7.90. The zero-order valence-corrected chi connectivity index (χ0v) is 13.7. The molecule has 1 aromatic rings. The number of aryl methyl sites for hydroxylation is 1. The highest BCUT2D eigenvalue weighted by Gasteiger charge is 2.17. The monoisotopic (exact) mass is 292 g/mol. The first-order valence-corrected chi connectivity index (χ1v) is 8.32. The molecule has 1 aliphatic heterocycles. The van der Waals surface area contributed by atoms with Crippen molar-refractivity contribution in [1.29, 1.82) is 0 Å². The fraction of sp³-hybridized carbons (Fsp3) is 0.667. The van der Waals surface area contributed by atoms with Gasteiger partial charge in [-0.25, -0.2) is 4.39 Å². The summed E-state index contributed by atoms with van der Waals surface area (Å²) >= 11 is 0. The van der Waals surface area contributed by atoms with E-state index in [9.17, 15) is 4.39 Å². The minimum absolute atomic E-state index is 0.131. The van der Waals surface area contributed by atoms with Crippen molar-refractivity contribution in [3.05, 3.63) is 35.1 Å². The predicted molar refractivity (Wildman–Crippen MR) is 87.2 cm³/mol. The van der Waals surface area contributed by atoms with Crippen LogP contribution in [0, 0.1) is 12.7 Å². The summed E-state index contributed by atoms with van der Waals surface area (Å²) in [6.45, 7) is 9.96. The van der Waals surface area contributed by atoms with E-state index < -0.39 is 0 Å². The molecule has 0 aromatic heterocycles. The zero-order chi connectivity index (χ0) is 15.2. The van der Waals surface area contributed by atoms with E-state index in [1.165, 1.54) is 31.4 Å². The second-order valence-electron chi connectivity index (χ2n) is 6.41. The van der Waals surface area contributed by atoms with Gasteiger partial charge in [-0.15, -0.1) is 0 Å². The summed E-state index contributed by atoms with van der Waals surface area (Å²) < 4.78 is 13.1. The van der Waals surface area contributed by atoms with Crippen LogP contribution in [0.1, 0.15) is 44.2 Å². The maximum absolute atomic E-state index is 13.1. The Morgan fingerprint density at radius 3 is 2.76 bits per heavy atom. The molecule has 2 atom stereocenters. The normalized spacial score (nSPS) is 24.6. The van der Waals surface area contributed by atoms with Gasteiger partial charge >= 0.3 is 0 Å². The zero-order valence-electron chi connectivity index (χ0n) is 13.7. The van der Waals surface area contributed by atoms with Crippen LogP contribution in [0.2, 0.25) is 0 Å². The molecule has 118 valence electrons. The molecule has 1 aromatic carbocycles. The molecule has 2 nitrogen and oxygen atoms in total. The molecule has 3 heteroatoms. The van der Waals surface area contributed by atoms with Gasteiger partial charge in [0.05, 0.1) is 0 Å². The lowest BCUT2D eigenvalue weighted by atomic mass is 10.0. The summed E-state index contributed by atoms with van der Waals surface area (Å²) in [5, 5.41) is 3.71. The van der Waals surface area contributed by atoms with Gasteiger partial charge in [-0.1, -0.05) is 13.0 Å². The first-order valence-electron chi connectivity index (χ1n) is 8.32. The molecule has 0 spiro atoms. The molecular weight excluding hydrogens is 263 g/mol. The minimum atomic E-state index is -0.131. The number of halogens is 1. The van der Waals surface area contributed by atoms with Gasteiger partial charge in [0.2, 0.25) is 0 Å². The van der Waals surface area contributed by atoms with E-state index in [1.807, 2.05) is 13.0 Å². The van der Waals surface area contributed by atoms with Gasteiger partial charge in [0, 0.05) is 18.6 Å². The largest absolute Gasteiger partial charge is 0.311 e. The smallest absolute Gasteiger partial charge is 0.123 e. The summed E-state index contributed by atoms with van der Waals surface area (Å²) in [4.78, 5) is 2.57. The van der Waals surface area contributed by atoms with Crippen molar-refractivity contribution >= 4 is 0 Å². The van der Waals surface area contributed by atoms with Crippen LogP contribution >= 0.6 is 0 Å². The summed E-state index contributed by atoms with van der Waals surface area (Å²) in [5.41, 5.74) is 2.35. The maximum Gasteiger partial charge on any atom is 0.123 e. The van der Waals surface area contributed by atoms with Crippen LogP contribution in [0.3, 0.4) is 0 Å². The van der Waals surface area contributed by atoms with Crippen molar-refractivity contribution in [3.63, 3.8) is 0 Å². The fourth-order valence-electron chi connectivity index (χ4n) is 3.16. The summed E-state index contributed by atoms with van der Waals surface area (Å²) in [7, 11) is 0. The van der Waals surface area contributed by atoms with Crippen LogP contribution in [-0.2, 0) is 6.42 Å². The van der Waals surface area contributed by atoms with Gasteiger partial charge in [-0.2, -0.15) is 0 Å². The van der Waals surface area contributed by atoms with Crippen LogP contribution in [0.4, 0.5) is 4.39 Å². The molecular formula is C18H29FN2. The Bertz CT molecular complexity index is 447. The molecule has 21 heavy (non-hydrogen) atoms. The van der Waals surface area contributed by atoms with Crippen molar-refractivity contribution in [2.45, 2.75) is 58.5 Å². The number of hydrogen-bond donors (Lipinski definition) is 1.